The molecule has 3 aromatic carbocycles. The second-order valence-corrected chi connectivity index (χ2v) is 15.3. The van der Waals surface area contributed by atoms with E-state index in [1.807, 2.05) is 91.9 Å². The number of nitrogens with zero attached hydrogens (tertiary/aromatic N) is 4. The van der Waals surface area contributed by atoms with Gasteiger partial charge in [-0.3, -0.25) is 4.57 Å². The van der Waals surface area contributed by atoms with Gasteiger partial charge in [0.15, 0.2) is 0 Å². The van der Waals surface area contributed by atoms with Gasteiger partial charge in [0, 0.05) is 24.7 Å². The van der Waals surface area contributed by atoms with Gasteiger partial charge in [-0.2, -0.15) is 10.2 Å². The summed E-state index contributed by atoms with van der Waals surface area (Å²) in [6.45, 7) is 10.4. The van der Waals surface area contributed by atoms with Crippen molar-refractivity contribution in [3.63, 3.8) is 0 Å². The fraction of sp³-hybridized carbons (Fsp3) is 0.405. The van der Waals surface area contributed by atoms with Crippen LogP contribution in [0, 0.1) is 18.3 Å². The first-order valence-electron chi connectivity index (χ1n) is 18.5. The van der Waals surface area contributed by atoms with Crippen LogP contribution in [0.1, 0.15) is 69.2 Å². The number of furan rings is 1. The summed E-state index contributed by atoms with van der Waals surface area (Å²) < 4.78 is 47.7. The van der Waals surface area contributed by atoms with Crippen molar-refractivity contribution in [2.75, 3.05) is 27.4 Å². The monoisotopic (exact) mass is 768 g/mol. The zero-order chi connectivity index (χ0) is 39.1. The number of aromatic nitrogens is 2. The number of hydrogen-bond acceptors (Lipinski definition) is 11. The van der Waals surface area contributed by atoms with E-state index in [1.165, 1.54) is 4.57 Å². The van der Waals surface area contributed by atoms with E-state index in [0.29, 0.717) is 29.1 Å². The van der Waals surface area contributed by atoms with Crippen LogP contribution in [-0.4, -0.2) is 65.9 Å². The molecule has 0 bridgehead atoms. The van der Waals surface area contributed by atoms with Crippen LogP contribution in [0.15, 0.2) is 100 Å². The fourth-order valence-corrected chi connectivity index (χ4v) is 8.84. The van der Waals surface area contributed by atoms with E-state index in [4.69, 9.17) is 32.4 Å². The summed E-state index contributed by atoms with van der Waals surface area (Å²) >= 11 is 0. The minimum atomic E-state index is -1.65. The topological polar surface area (TPSA) is 130 Å². The number of rotatable bonds is 17. The van der Waals surface area contributed by atoms with E-state index in [1.54, 1.807) is 20.4 Å². The smallest absolute Gasteiger partial charge is 0.353 e. The number of aryl methyl sites for hydroxylation is 1. The van der Waals surface area contributed by atoms with Gasteiger partial charge < -0.3 is 32.4 Å². The highest BCUT2D eigenvalue weighted by Crippen LogP contribution is 2.50. The third kappa shape index (κ3) is 8.79. The highest BCUT2D eigenvalue weighted by Gasteiger charge is 2.45. The van der Waals surface area contributed by atoms with Gasteiger partial charge in [-0.25, -0.2) is 9.46 Å². The molecule has 0 aliphatic carbocycles. The third-order valence-electron chi connectivity index (χ3n) is 9.58. The lowest BCUT2D eigenvalue weighted by Crippen LogP contribution is -2.39. The van der Waals surface area contributed by atoms with Crippen LogP contribution < -0.4 is 15.2 Å². The largest absolute Gasteiger partial charge is 0.497 e. The molecule has 1 saturated heterocycles. The van der Waals surface area contributed by atoms with E-state index in [0.717, 1.165) is 16.7 Å². The van der Waals surface area contributed by atoms with Gasteiger partial charge in [0.05, 0.1) is 51.4 Å². The Morgan fingerprint density at radius 3 is 2.11 bits per heavy atom. The molecule has 1 aliphatic rings. The van der Waals surface area contributed by atoms with Crippen molar-refractivity contribution >= 4 is 19.6 Å². The molecule has 3 heterocycles. The number of ether oxygens (including phenoxy) is 4. The highest BCUT2D eigenvalue weighted by molar-refractivity contribution is 7.44. The molecule has 2 aromatic heterocycles. The van der Waals surface area contributed by atoms with Crippen LogP contribution in [0.4, 0.5) is 0 Å². The molecule has 55 heavy (non-hydrogen) atoms. The molecular weight excluding hydrogens is 719 g/mol. The zero-order valence-corrected chi connectivity index (χ0v) is 33.3. The average Bonchev–Trinajstić information content (AvgIpc) is 3.76. The van der Waals surface area contributed by atoms with Gasteiger partial charge in [0.1, 0.15) is 35.2 Å². The second kappa shape index (κ2) is 17.9. The summed E-state index contributed by atoms with van der Waals surface area (Å²) in [5.74, 6) is 2.07. The van der Waals surface area contributed by atoms with Crippen LogP contribution in [-0.2, 0) is 24.1 Å². The Morgan fingerprint density at radius 2 is 1.55 bits per heavy atom. The maximum atomic E-state index is 13.5. The number of methoxy groups -OCH3 is 2. The van der Waals surface area contributed by atoms with E-state index < -0.39 is 38.3 Å². The molecule has 0 amide bonds. The lowest BCUT2D eigenvalue weighted by Gasteiger charge is -2.39. The fourth-order valence-electron chi connectivity index (χ4n) is 7.08. The lowest BCUT2D eigenvalue weighted by molar-refractivity contribution is -0.0924. The maximum absolute atomic E-state index is 13.5. The zero-order valence-electron chi connectivity index (χ0n) is 32.4. The maximum Gasteiger partial charge on any atom is 0.353 e. The number of hydrogen-bond donors (Lipinski definition) is 0. The highest BCUT2D eigenvalue weighted by atomic mass is 31.2. The van der Waals surface area contributed by atoms with E-state index in [-0.39, 0.29) is 37.4 Å². The van der Waals surface area contributed by atoms with Gasteiger partial charge in [-0.05, 0) is 81.6 Å². The molecule has 4 atom stereocenters. The molecule has 0 spiro atoms. The van der Waals surface area contributed by atoms with Crippen LogP contribution in [0.5, 0.6) is 11.5 Å². The summed E-state index contributed by atoms with van der Waals surface area (Å²) in [6, 6.07) is 29.9. The molecule has 0 radical (unpaired) electrons. The molecule has 6 rings (SSSR count). The predicted molar refractivity (Wildman–Crippen MR) is 210 cm³/mol. The van der Waals surface area contributed by atoms with Crippen molar-refractivity contribution in [1.29, 1.82) is 5.26 Å². The Hall–Kier alpha value is -4.60. The van der Waals surface area contributed by atoms with Crippen molar-refractivity contribution in [2.24, 2.45) is 0 Å². The molecule has 1 fully saturated rings. The number of fused-ring (bicyclic) bond motifs is 1. The van der Waals surface area contributed by atoms with Crippen LogP contribution in [0.3, 0.4) is 0 Å². The Labute approximate surface area is 323 Å². The minimum absolute atomic E-state index is 0.0636. The van der Waals surface area contributed by atoms with E-state index >= 15 is 0 Å². The Kier molecular flexibility index (Phi) is 13.0. The predicted octanol–water partition coefficient (Wildman–Crippen LogP) is 8.27. The molecule has 290 valence electrons. The summed E-state index contributed by atoms with van der Waals surface area (Å²) in [5.41, 5.74) is 1.28. The van der Waals surface area contributed by atoms with Crippen molar-refractivity contribution in [1.82, 2.24) is 14.2 Å². The Balaban J connectivity index is 1.43. The van der Waals surface area contributed by atoms with Gasteiger partial charge in [0.2, 0.25) is 5.71 Å². The Bertz CT molecular complexity index is 2040. The van der Waals surface area contributed by atoms with Crippen molar-refractivity contribution in [3.8, 4) is 17.6 Å². The molecule has 0 N–H and O–H groups in total. The van der Waals surface area contributed by atoms with E-state index in [9.17, 15) is 10.1 Å². The van der Waals surface area contributed by atoms with Crippen molar-refractivity contribution in [3.05, 3.63) is 124 Å². The standard InChI is InChI=1S/C42H49N4O8P/c1-28(2)46(29(3)4)55(51-23-11-22-43)54-37-25-39(45-26-31-24-30(5)52-40(31)44-41(45)47)53-38(37)27-50-42(32-12-9-8-10-13-32,33-14-18-35(48-6)19-15-33)34-16-20-36(49-7)21-17-34/h8-10,12-21,24,26,28-29,37-39H,11,23,25,27H2,1-7H3/t37-,38+,39+,55?/m0/s1. The van der Waals surface area contributed by atoms with Crippen LogP contribution >= 0.6 is 8.53 Å². The van der Waals surface area contributed by atoms with Crippen molar-refractivity contribution < 1.29 is 32.4 Å². The SMILES string of the molecule is COc1ccc(C(OC[C@H]2O[C@@H](n3cc4cc(C)oc4nc3=O)C[C@@H]2OP(OCCC#N)N(C(C)C)C(C)C)(c2ccccc2)c2ccc(OC)cc2)cc1. The van der Waals surface area contributed by atoms with Crippen LogP contribution in [0.2, 0.25) is 0 Å². The summed E-state index contributed by atoms with van der Waals surface area (Å²) in [6.07, 6.45) is 0.281. The first-order valence-corrected chi connectivity index (χ1v) is 19.6. The average molecular weight is 769 g/mol. The normalized spacial score (nSPS) is 17.9. The molecule has 5 aromatic rings. The quantitative estimate of drug-likeness (QED) is 0.0515. The molecule has 12 nitrogen and oxygen atoms in total. The van der Waals surface area contributed by atoms with Crippen molar-refractivity contribution in [2.45, 2.75) is 83.6 Å². The van der Waals surface area contributed by atoms with Gasteiger partial charge >= 0.3 is 5.69 Å². The first kappa shape index (κ1) is 40.1. The summed E-state index contributed by atoms with van der Waals surface area (Å²) in [4.78, 5) is 17.7. The first-order chi connectivity index (χ1) is 26.6. The Morgan fingerprint density at radius 1 is 0.945 bits per heavy atom. The van der Waals surface area contributed by atoms with Gasteiger partial charge in [-0.1, -0.05) is 54.6 Å². The number of benzene rings is 3. The molecule has 1 aliphatic heterocycles. The molecule has 13 heteroatoms. The van der Waals surface area contributed by atoms with Gasteiger partial charge in [-0.15, -0.1) is 0 Å². The summed E-state index contributed by atoms with van der Waals surface area (Å²) in [7, 11) is 1.62. The minimum Gasteiger partial charge on any atom is -0.497 e. The molecule has 1 unspecified atom stereocenters. The molecule has 0 saturated carbocycles. The lowest BCUT2D eigenvalue weighted by atomic mass is 9.80. The van der Waals surface area contributed by atoms with Crippen LogP contribution in [0.25, 0.3) is 11.1 Å². The van der Waals surface area contributed by atoms with E-state index in [2.05, 4.69) is 43.4 Å². The summed E-state index contributed by atoms with van der Waals surface area (Å²) in [5, 5.41) is 10.0. The second-order valence-electron chi connectivity index (χ2n) is 13.9. The van der Waals surface area contributed by atoms with Gasteiger partial charge in [0.25, 0.3) is 8.53 Å². The third-order valence-corrected chi connectivity index (χ3v) is 11.7. The molecular formula is C42H49N4O8P. The number of nitriles is 1.